The number of nitrogens with zero attached hydrogens (tertiary/aromatic N) is 1. The Labute approximate surface area is 130 Å². The van der Waals surface area contributed by atoms with Crippen LogP contribution in [0.1, 0.15) is 31.2 Å². The van der Waals surface area contributed by atoms with Crippen LogP contribution in [0.3, 0.4) is 0 Å². The number of anilines is 1. The predicted molar refractivity (Wildman–Crippen MR) is 80.5 cm³/mol. The van der Waals surface area contributed by atoms with Gasteiger partial charge >= 0.3 is 6.18 Å². The average Bonchev–Trinajstić information content (AvgIpc) is 2.75. The highest BCUT2D eigenvalue weighted by molar-refractivity contribution is 9.10. The number of halogens is 4. The largest absolute Gasteiger partial charge is 0.416 e. The molecule has 2 aliphatic rings. The molecule has 3 rings (SSSR count). The molecule has 0 radical (unpaired) electrons. The molecule has 1 aromatic rings. The minimum Gasteiger partial charge on any atom is -0.371 e. The third kappa shape index (κ3) is 3.06. The van der Waals surface area contributed by atoms with Gasteiger partial charge in [0, 0.05) is 29.6 Å². The summed E-state index contributed by atoms with van der Waals surface area (Å²) in [6, 6.07) is 5.40. The second-order valence-electron chi connectivity index (χ2n) is 6.04. The minimum atomic E-state index is -4.30. The number of piperidine rings is 1. The van der Waals surface area contributed by atoms with Crippen molar-refractivity contribution in [3.05, 3.63) is 28.2 Å². The maximum Gasteiger partial charge on any atom is 0.416 e. The van der Waals surface area contributed by atoms with Gasteiger partial charge in [0.05, 0.1) is 11.3 Å². The molecule has 0 saturated carbocycles. The van der Waals surface area contributed by atoms with Crippen molar-refractivity contribution in [2.45, 2.75) is 50.0 Å². The molecule has 1 aromatic carbocycles. The summed E-state index contributed by atoms with van der Waals surface area (Å²) in [7, 11) is 1.97. The fraction of sp³-hybridized carbons (Fsp3) is 0.600. The Morgan fingerprint density at radius 1 is 1.19 bits per heavy atom. The fourth-order valence-corrected chi connectivity index (χ4v) is 4.17. The van der Waals surface area contributed by atoms with Gasteiger partial charge in [0.2, 0.25) is 0 Å². The van der Waals surface area contributed by atoms with E-state index in [4.69, 9.17) is 0 Å². The summed E-state index contributed by atoms with van der Waals surface area (Å²) in [6.07, 6.45) is 0.237. The molecule has 2 aliphatic heterocycles. The van der Waals surface area contributed by atoms with Crippen molar-refractivity contribution in [1.82, 2.24) is 5.32 Å². The monoisotopic (exact) mass is 362 g/mol. The zero-order valence-electron chi connectivity index (χ0n) is 11.8. The average molecular weight is 363 g/mol. The van der Waals surface area contributed by atoms with Gasteiger partial charge in [-0.1, -0.05) is 0 Å². The van der Waals surface area contributed by atoms with Crippen LogP contribution in [0.2, 0.25) is 0 Å². The Morgan fingerprint density at radius 2 is 1.81 bits per heavy atom. The Balaban J connectivity index is 1.80. The van der Waals surface area contributed by atoms with Gasteiger partial charge in [0.25, 0.3) is 0 Å². The highest BCUT2D eigenvalue weighted by Gasteiger charge is 2.36. The molecule has 2 fully saturated rings. The summed E-state index contributed by atoms with van der Waals surface area (Å²) in [6.45, 7) is 0. The van der Waals surface area contributed by atoms with Gasteiger partial charge in [-0.25, -0.2) is 0 Å². The zero-order valence-corrected chi connectivity index (χ0v) is 13.3. The van der Waals surface area contributed by atoms with E-state index in [2.05, 4.69) is 26.1 Å². The van der Waals surface area contributed by atoms with Crippen molar-refractivity contribution in [3.63, 3.8) is 0 Å². The smallest absolute Gasteiger partial charge is 0.371 e. The maximum absolute atomic E-state index is 12.7. The van der Waals surface area contributed by atoms with Crippen molar-refractivity contribution in [3.8, 4) is 0 Å². The van der Waals surface area contributed by atoms with Gasteiger partial charge in [-0.05, 0) is 59.8 Å². The summed E-state index contributed by atoms with van der Waals surface area (Å²) in [5.74, 6) is 0. The molecule has 2 nitrogen and oxygen atoms in total. The van der Waals surface area contributed by atoms with Crippen LogP contribution in [0.15, 0.2) is 22.7 Å². The summed E-state index contributed by atoms with van der Waals surface area (Å²) in [5, 5.41) is 3.58. The Morgan fingerprint density at radius 3 is 2.33 bits per heavy atom. The predicted octanol–water partition coefficient (Wildman–Crippen LogP) is 4.19. The molecule has 0 aliphatic carbocycles. The summed E-state index contributed by atoms with van der Waals surface area (Å²) in [4.78, 5) is 2.12. The van der Waals surface area contributed by atoms with Gasteiger partial charge in [0.1, 0.15) is 0 Å². The van der Waals surface area contributed by atoms with E-state index in [1.165, 1.54) is 18.9 Å². The zero-order chi connectivity index (χ0) is 15.2. The van der Waals surface area contributed by atoms with E-state index in [9.17, 15) is 13.2 Å². The molecular weight excluding hydrogens is 345 g/mol. The molecule has 1 N–H and O–H groups in total. The number of nitrogens with one attached hydrogen (secondary N) is 1. The normalized spacial score (nSPS) is 28.7. The van der Waals surface area contributed by atoms with Crippen LogP contribution in [-0.2, 0) is 6.18 Å². The van der Waals surface area contributed by atoms with E-state index in [-0.39, 0.29) is 0 Å². The second-order valence-corrected chi connectivity index (χ2v) is 6.89. The first-order valence-electron chi connectivity index (χ1n) is 7.20. The lowest BCUT2D eigenvalue weighted by Crippen LogP contribution is -2.47. The lowest BCUT2D eigenvalue weighted by molar-refractivity contribution is -0.137. The molecule has 0 spiro atoms. The lowest BCUT2D eigenvalue weighted by Gasteiger charge is -2.37. The molecule has 0 amide bonds. The van der Waals surface area contributed by atoms with Crippen molar-refractivity contribution in [1.29, 1.82) is 0 Å². The van der Waals surface area contributed by atoms with E-state index in [1.54, 1.807) is 6.07 Å². The number of alkyl halides is 3. The Bertz CT molecular complexity index is 520. The van der Waals surface area contributed by atoms with Crippen LogP contribution in [0, 0.1) is 0 Å². The maximum atomic E-state index is 12.7. The van der Waals surface area contributed by atoms with E-state index in [0.29, 0.717) is 22.6 Å². The molecule has 116 valence electrons. The third-order valence-electron chi connectivity index (χ3n) is 4.65. The van der Waals surface area contributed by atoms with Crippen LogP contribution in [-0.4, -0.2) is 25.2 Å². The van der Waals surface area contributed by atoms with Crippen molar-refractivity contribution in [2.75, 3.05) is 11.9 Å². The number of hydrogen-bond donors (Lipinski definition) is 1. The SMILES string of the molecule is CN(c1ccc(C(F)(F)F)cc1Br)C1CC2CCC(C1)N2. The van der Waals surface area contributed by atoms with Crippen LogP contribution >= 0.6 is 15.9 Å². The van der Waals surface area contributed by atoms with Gasteiger partial charge in [0.15, 0.2) is 0 Å². The molecule has 2 heterocycles. The first kappa shape index (κ1) is 15.2. The minimum absolute atomic E-state index is 0.386. The molecule has 2 saturated heterocycles. The van der Waals surface area contributed by atoms with Gasteiger partial charge in [-0.2, -0.15) is 13.2 Å². The van der Waals surface area contributed by atoms with Crippen molar-refractivity contribution < 1.29 is 13.2 Å². The van der Waals surface area contributed by atoms with Crippen LogP contribution in [0.5, 0.6) is 0 Å². The standard InChI is InChI=1S/C15H18BrF3N2/c1-21(12-7-10-3-4-11(8-12)20-10)14-5-2-9(6-13(14)16)15(17,18)19/h2,5-6,10-12,20H,3-4,7-8H2,1H3. The van der Waals surface area contributed by atoms with Crippen LogP contribution < -0.4 is 10.2 Å². The van der Waals surface area contributed by atoms with Gasteiger partial charge < -0.3 is 10.2 Å². The second kappa shape index (κ2) is 5.47. The molecule has 2 atom stereocenters. The van der Waals surface area contributed by atoms with Crippen LogP contribution in [0.25, 0.3) is 0 Å². The van der Waals surface area contributed by atoms with Gasteiger partial charge in [-0.3, -0.25) is 0 Å². The first-order valence-corrected chi connectivity index (χ1v) is 7.99. The number of rotatable bonds is 2. The summed E-state index contributed by atoms with van der Waals surface area (Å²) < 4.78 is 38.7. The van der Waals surface area contributed by atoms with E-state index in [0.717, 1.165) is 24.6 Å². The number of benzene rings is 1. The number of fused-ring (bicyclic) bond motifs is 2. The van der Waals surface area contributed by atoms with Crippen molar-refractivity contribution >= 4 is 21.6 Å². The Kier molecular flexibility index (Phi) is 3.94. The third-order valence-corrected chi connectivity index (χ3v) is 5.29. The van der Waals surface area contributed by atoms with Crippen molar-refractivity contribution in [2.24, 2.45) is 0 Å². The molecule has 21 heavy (non-hydrogen) atoms. The summed E-state index contributed by atoms with van der Waals surface area (Å²) >= 11 is 3.30. The highest BCUT2D eigenvalue weighted by Crippen LogP contribution is 2.37. The molecule has 0 aromatic heterocycles. The topological polar surface area (TPSA) is 15.3 Å². The lowest BCUT2D eigenvalue weighted by atomic mass is 9.98. The number of hydrogen-bond acceptors (Lipinski definition) is 2. The fourth-order valence-electron chi connectivity index (χ4n) is 3.51. The Hall–Kier alpha value is -0.750. The molecule has 2 unspecified atom stereocenters. The summed E-state index contributed by atoms with van der Waals surface area (Å²) in [5.41, 5.74) is 0.214. The molecule has 6 heteroatoms. The van der Waals surface area contributed by atoms with E-state index >= 15 is 0 Å². The van der Waals surface area contributed by atoms with E-state index < -0.39 is 11.7 Å². The van der Waals surface area contributed by atoms with E-state index in [1.807, 2.05) is 7.05 Å². The first-order chi connectivity index (χ1) is 9.84. The highest BCUT2D eigenvalue weighted by atomic mass is 79.9. The molecule has 2 bridgehead atoms. The van der Waals surface area contributed by atoms with Gasteiger partial charge in [-0.15, -0.1) is 0 Å². The van der Waals surface area contributed by atoms with Crippen LogP contribution in [0.4, 0.5) is 18.9 Å². The quantitative estimate of drug-likeness (QED) is 0.848. The molecular formula is C15H18BrF3N2.